The van der Waals surface area contributed by atoms with Crippen LogP contribution in [-0.4, -0.2) is 9.97 Å². The van der Waals surface area contributed by atoms with Crippen molar-refractivity contribution in [2.45, 2.75) is 33.1 Å². The van der Waals surface area contributed by atoms with Gasteiger partial charge in [0, 0.05) is 11.6 Å². The molecule has 1 aromatic heterocycles. The Labute approximate surface area is 90.4 Å². The Hall–Kier alpha value is -1.44. The molecule has 0 fully saturated rings. The molecule has 2 heteroatoms. The predicted molar refractivity (Wildman–Crippen MR) is 62.9 cm³/mol. The standard InChI is InChI=1S/C13H16N2/c1-3-5-11-10(4-2)6-7-13-12(11)8-14-9-15-13/h6-9H,3-5H2,1-2H3. The second-order valence-electron chi connectivity index (χ2n) is 3.76. The third kappa shape index (κ3) is 1.84. The van der Waals surface area contributed by atoms with Crippen LogP contribution in [0.2, 0.25) is 0 Å². The molecule has 78 valence electrons. The van der Waals surface area contributed by atoms with Crippen molar-refractivity contribution < 1.29 is 0 Å². The molecule has 0 aliphatic rings. The first kappa shape index (κ1) is 10.1. The van der Waals surface area contributed by atoms with Crippen molar-refractivity contribution in [3.05, 3.63) is 35.8 Å². The smallest absolute Gasteiger partial charge is 0.116 e. The fraction of sp³-hybridized carbons (Fsp3) is 0.385. The lowest BCUT2D eigenvalue weighted by Gasteiger charge is -2.09. The summed E-state index contributed by atoms with van der Waals surface area (Å²) in [5.41, 5.74) is 3.92. The van der Waals surface area contributed by atoms with Gasteiger partial charge in [-0.05, 0) is 30.0 Å². The van der Waals surface area contributed by atoms with Gasteiger partial charge in [-0.25, -0.2) is 9.97 Å². The number of aromatic nitrogens is 2. The molecule has 2 rings (SSSR count). The van der Waals surface area contributed by atoms with E-state index in [-0.39, 0.29) is 0 Å². The van der Waals surface area contributed by atoms with Crippen LogP contribution in [0.5, 0.6) is 0 Å². The lowest BCUT2D eigenvalue weighted by atomic mass is 9.97. The molecule has 0 atom stereocenters. The number of rotatable bonds is 3. The van der Waals surface area contributed by atoms with Crippen LogP contribution in [0.3, 0.4) is 0 Å². The maximum absolute atomic E-state index is 4.29. The van der Waals surface area contributed by atoms with Crippen LogP contribution in [-0.2, 0) is 12.8 Å². The molecule has 1 aromatic carbocycles. The average Bonchev–Trinajstić information content (AvgIpc) is 2.30. The van der Waals surface area contributed by atoms with Gasteiger partial charge >= 0.3 is 0 Å². The first-order chi connectivity index (χ1) is 7.36. The molecule has 0 aliphatic carbocycles. The van der Waals surface area contributed by atoms with Crippen LogP contribution in [0, 0.1) is 0 Å². The van der Waals surface area contributed by atoms with Crippen molar-refractivity contribution in [1.82, 2.24) is 9.97 Å². The van der Waals surface area contributed by atoms with Crippen LogP contribution >= 0.6 is 0 Å². The van der Waals surface area contributed by atoms with Gasteiger partial charge in [0.1, 0.15) is 6.33 Å². The van der Waals surface area contributed by atoms with E-state index >= 15 is 0 Å². The van der Waals surface area contributed by atoms with Gasteiger partial charge in [-0.15, -0.1) is 0 Å². The van der Waals surface area contributed by atoms with Crippen molar-refractivity contribution in [2.75, 3.05) is 0 Å². The van der Waals surface area contributed by atoms with E-state index in [1.807, 2.05) is 6.20 Å². The average molecular weight is 200 g/mol. The van der Waals surface area contributed by atoms with E-state index in [1.54, 1.807) is 6.33 Å². The Bertz CT molecular complexity index is 463. The second-order valence-corrected chi connectivity index (χ2v) is 3.76. The molecule has 2 aromatic rings. The molecule has 0 saturated carbocycles. The zero-order valence-electron chi connectivity index (χ0n) is 9.33. The number of hydrogen-bond acceptors (Lipinski definition) is 2. The molecule has 0 radical (unpaired) electrons. The summed E-state index contributed by atoms with van der Waals surface area (Å²) >= 11 is 0. The zero-order chi connectivity index (χ0) is 10.7. The van der Waals surface area contributed by atoms with E-state index < -0.39 is 0 Å². The Balaban J connectivity index is 2.67. The van der Waals surface area contributed by atoms with Crippen molar-refractivity contribution in [3.8, 4) is 0 Å². The summed E-state index contributed by atoms with van der Waals surface area (Å²) in [6.07, 6.45) is 6.92. The molecule has 0 N–H and O–H groups in total. The van der Waals surface area contributed by atoms with Crippen molar-refractivity contribution in [1.29, 1.82) is 0 Å². The highest BCUT2D eigenvalue weighted by Gasteiger charge is 2.06. The largest absolute Gasteiger partial charge is 0.244 e. The summed E-state index contributed by atoms with van der Waals surface area (Å²) < 4.78 is 0. The maximum Gasteiger partial charge on any atom is 0.116 e. The highest BCUT2D eigenvalue weighted by molar-refractivity contribution is 5.82. The van der Waals surface area contributed by atoms with Gasteiger partial charge in [0.25, 0.3) is 0 Å². The normalized spacial score (nSPS) is 10.8. The quantitative estimate of drug-likeness (QED) is 0.760. The Morgan fingerprint density at radius 2 is 2.07 bits per heavy atom. The van der Waals surface area contributed by atoms with E-state index in [9.17, 15) is 0 Å². The minimum Gasteiger partial charge on any atom is -0.244 e. The first-order valence-electron chi connectivity index (χ1n) is 5.57. The molecule has 0 unspecified atom stereocenters. The Kier molecular flexibility index (Phi) is 2.95. The number of fused-ring (bicyclic) bond motifs is 1. The van der Waals surface area contributed by atoms with E-state index in [1.165, 1.54) is 22.9 Å². The fourth-order valence-corrected chi connectivity index (χ4v) is 2.03. The molecular formula is C13H16N2. The van der Waals surface area contributed by atoms with Gasteiger partial charge in [-0.3, -0.25) is 0 Å². The monoisotopic (exact) mass is 200 g/mol. The predicted octanol–water partition coefficient (Wildman–Crippen LogP) is 3.14. The molecule has 1 heterocycles. The molecule has 0 amide bonds. The second kappa shape index (κ2) is 4.39. The summed E-state index contributed by atoms with van der Waals surface area (Å²) in [5, 5.41) is 1.22. The van der Waals surface area contributed by atoms with Gasteiger partial charge in [0.05, 0.1) is 5.52 Å². The molecule has 0 aliphatic heterocycles. The van der Waals surface area contributed by atoms with E-state index in [0.717, 1.165) is 18.4 Å². The van der Waals surface area contributed by atoms with Gasteiger partial charge in [0.2, 0.25) is 0 Å². The lowest BCUT2D eigenvalue weighted by Crippen LogP contribution is -1.95. The molecule has 0 bridgehead atoms. The maximum atomic E-state index is 4.29. The summed E-state index contributed by atoms with van der Waals surface area (Å²) in [6.45, 7) is 4.41. The SMILES string of the molecule is CCCc1c(CC)ccc2ncncc12. The highest BCUT2D eigenvalue weighted by atomic mass is 14.8. The Morgan fingerprint density at radius 3 is 2.80 bits per heavy atom. The zero-order valence-corrected chi connectivity index (χ0v) is 9.33. The third-order valence-corrected chi connectivity index (χ3v) is 2.78. The summed E-state index contributed by atoms with van der Waals surface area (Å²) in [4.78, 5) is 8.41. The number of hydrogen-bond donors (Lipinski definition) is 0. The number of nitrogens with zero attached hydrogens (tertiary/aromatic N) is 2. The van der Waals surface area contributed by atoms with Gasteiger partial charge in [-0.2, -0.15) is 0 Å². The van der Waals surface area contributed by atoms with E-state index in [2.05, 4.69) is 35.9 Å². The number of aryl methyl sites for hydroxylation is 2. The van der Waals surface area contributed by atoms with Crippen LogP contribution < -0.4 is 0 Å². The molecule has 2 nitrogen and oxygen atoms in total. The highest BCUT2D eigenvalue weighted by Crippen LogP contribution is 2.22. The number of benzene rings is 1. The third-order valence-electron chi connectivity index (χ3n) is 2.78. The van der Waals surface area contributed by atoms with Gasteiger partial charge in [0.15, 0.2) is 0 Å². The summed E-state index contributed by atoms with van der Waals surface area (Å²) in [5.74, 6) is 0. The van der Waals surface area contributed by atoms with Crippen molar-refractivity contribution >= 4 is 10.9 Å². The van der Waals surface area contributed by atoms with Crippen LogP contribution in [0.1, 0.15) is 31.4 Å². The first-order valence-corrected chi connectivity index (χ1v) is 5.57. The Morgan fingerprint density at radius 1 is 1.20 bits per heavy atom. The summed E-state index contributed by atoms with van der Waals surface area (Å²) in [7, 11) is 0. The van der Waals surface area contributed by atoms with Crippen LogP contribution in [0.4, 0.5) is 0 Å². The van der Waals surface area contributed by atoms with Crippen LogP contribution in [0.15, 0.2) is 24.7 Å². The van der Waals surface area contributed by atoms with E-state index in [0.29, 0.717) is 0 Å². The molecule has 0 saturated heterocycles. The van der Waals surface area contributed by atoms with Crippen molar-refractivity contribution in [2.24, 2.45) is 0 Å². The van der Waals surface area contributed by atoms with Crippen molar-refractivity contribution in [3.63, 3.8) is 0 Å². The van der Waals surface area contributed by atoms with Gasteiger partial charge in [-0.1, -0.05) is 26.3 Å². The minimum absolute atomic E-state index is 1.06. The van der Waals surface area contributed by atoms with E-state index in [4.69, 9.17) is 0 Å². The molecule has 15 heavy (non-hydrogen) atoms. The van der Waals surface area contributed by atoms with Crippen LogP contribution in [0.25, 0.3) is 10.9 Å². The lowest BCUT2D eigenvalue weighted by molar-refractivity contribution is 0.906. The van der Waals surface area contributed by atoms with Gasteiger partial charge < -0.3 is 0 Å². The fourth-order valence-electron chi connectivity index (χ4n) is 2.03. The molecular weight excluding hydrogens is 184 g/mol. The summed E-state index contributed by atoms with van der Waals surface area (Å²) in [6, 6.07) is 4.29. The minimum atomic E-state index is 1.06. The topological polar surface area (TPSA) is 25.8 Å². The molecule has 0 spiro atoms.